The Hall–Kier alpha value is -5.84. The van der Waals surface area contributed by atoms with Gasteiger partial charge in [0.2, 0.25) is 5.95 Å². The maximum atomic E-state index is 5.44. The van der Waals surface area contributed by atoms with E-state index in [1.165, 1.54) is 53.5 Å². The van der Waals surface area contributed by atoms with Gasteiger partial charge in [0.1, 0.15) is 4.83 Å². The van der Waals surface area contributed by atoms with Gasteiger partial charge in [-0.3, -0.25) is 4.57 Å². The Kier molecular flexibility index (Phi) is 5.45. The monoisotopic (exact) mass is 603 g/mol. The average molecular weight is 604 g/mol. The molecule has 0 unspecified atom stereocenters. The van der Waals surface area contributed by atoms with Crippen LogP contribution in [0.5, 0.6) is 0 Å². The summed E-state index contributed by atoms with van der Waals surface area (Å²) in [5, 5.41) is 9.68. The fourth-order valence-electron chi connectivity index (χ4n) is 7.14. The quantitative estimate of drug-likeness (QED) is 0.201. The molecule has 4 heteroatoms. The summed E-state index contributed by atoms with van der Waals surface area (Å²) in [4.78, 5) is 11.8. The Morgan fingerprint density at radius 1 is 0.435 bits per heavy atom. The normalized spacial score (nSPS) is 11.9. The van der Waals surface area contributed by atoms with Crippen LogP contribution in [0.2, 0.25) is 0 Å². The molecule has 0 spiro atoms. The summed E-state index contributed by atoms with van der Waals surface area (Å²) in [6.45, 7) is 0. The lowest BCUT2D eigenvalue weighted by molar-refractivity contribution is 1.02. The molecule has 0 saturated heterocycles. The molecule has 214 valence electrons. The van der Waals surface area contributed by atoms with Gasteiger partial charge in [-0.05, 0) is 50.9 Å². The molecule has 3 aromatic heterocycles. The topological polar surface area (TPSA) is 30.7 Å². The van der Waals surface area contributed by atoms with Crippen LogP contribution in [0.1, 0.15) is 0 Å². The third-order valence-corrected chi connectivity index (χ3v) is 10.3. The van der Waals surface area contributed by atoms with Gasteiger partial charge >= 0.3 is 0 Å². The minimum Gasteiger partial charge on any atom is -0.278 e. The highest BCUT2D eigenvalue weighted by atomic mass is 32.1. The summed E-state index contributed by atoms with van der Waals surface area (Å²) in [7, 11) is 0. The second kappa shape index (κ2) is 9.83. The van der Waals surface area contributed by atoms with Crippen LogP contribution in [-0.2, 0) is 0 Å². The molecule has 3 nitrogen and oxygen atoms in total. The second-order valence-corrected chi connectivity index (χ2v) is 12.8. The lowest BCUT2D eigenvalue weighted by Crippen LogP contribution is -2.02. The molecule has 0 aliphatic rings. The number of aromatic nitrogens is 3. The summed E-state index contributed by atoms with van der Waals surface area (Å²) in [6.07, 6.45) is 0. The molecule has 10 aromatic rings. The van der Waals surface area contributed by atoms with Gasteiger partial charge in [-0.15, -0.1) is 11.3 Å². The fourth-order valence-corrected chi connectivity index (χ4v) is 8.25. The maximum Gasteiger partial charge on any atom is 0.236 e. The SMILES string of the molecule is c1ccc(-c2ccc3c(c2)sc2nc(-n4c5ccc6ccccc6c5c5c6ccccc6ccc54)nc(-c4ccccc4)c23)cc1. The first kappa shape index (κ1) is 25.5. The Labute approximate surface area is 268 Å². The predicted molar refractivity (Wildman–Crippen MR) is 195 cm³/mol. The zero-order valence-electron chi connectivity index (χ0n) is 24.7. The highest BCUT2D eigenvalue weighted by Crippen LogP contribution is 2.43. The van der Waals surface area contributed by atoms with Crippen LogP contribution in [0.25, 0.3) is 92.0 Å². The molecule has 0 bridgehead atoms. The van der Waals surface area contributed by atoms with Crippen molar-refractivity contribution in [3.63, 3.8) is 0 Å². The van der Waals surface area contributed by atoms with Crippen molar-refractivity contribution in [2.24, 2.45) is 0 Å². The van der Waals surface area contributed by atoms with Crippen molar-refractivity contribution in [2.45, 2.75) is 0 Å². The largest absolute Gasteiger partial charge is 0.278 e. The Bertz CT molecular complexity index is 2700. The van der Waals surface area contributed by atoms with E-state index in [-0.39, 0.29) is 0 Å². The Balaban J connectivity index is 1.34. The molecular weight excluding hydrogens is 579 g/mol. The summed E-state index contributed by atoms with van der Waals surface area (Å²) < 4.78 is 3.48. The molecule has 10 rings (SSSR count). The first-order valence-corrected chi connectivity index (χ1v) is 16.3. The molecule has 0 fully saturated rings. The van der Waals surface area contributed by atoms with Crippen molar-refractivity contribution in [3.05, 3.63) is 152 Å². The van der Waals surface area contributed by atoms with Crippen LogP contribution < -0.4 is 0 Å². The van der Waals surface area contributed by atoms with Gasteiger partial charge in [0.15, 0.2) is 0 Å². The number of hydrogen-bond acceptors (Lipinski definition) is 3. The van der Waals surface area contributed by atoms with Gasteiger partial charge < -0.3 is 0 Å². The minimum atomic E-state index is 0.687. The molecule has 3 heterocycles. The van der Waals surface area contributed by atoms with Crippen molar-refractivity contribution in [1.82, 2.24) is 14.5 Å². The number of rotatable bonds is 3. The summed E-state index contributed by atoms with van der Waals surface area (Å²) >= 11 is 1.74. The summed E-state index contributed by atoms with van der Waals surface area (Å²) in [6, 6.07) is 54.1. The average Bonchev–Trinajstić information content (AvgIpc) is 3.67. The minimum absolute atomic E-state index is 0.687. The molecule has 0 N–H and O–H groups in total. The highest BCUT2D eigenvalue weighted by molar-refractivity contribution is 7.25. The van der Waals surface area contributed by atoms with E-state index in [1.807, 2.05) is 0 Å². The van der Waals surface area contributed by atoms with E-state index in [0.29, 0.717) is 5.95 Å². The number of benzene rings is 7. The smallest absolute Gasteiger partial charge is 0.236 e. The lowest BCUT2D eigenvalue weighted by Gasteiger charge is -2.10. The van der Waals surface area contributed by atoms with Gasteiger partial charge in [-0.1, -0.05) is 133 Å². The Morgan fingerprint density at radius 3 is 1.67 bits per heavy atom. The van der Waals surface area contributed by atoms with E-state index in [9.17, 15) is 0 Å². The van der Waals surface area contributed by atoms with Crippen LogP contribution in [-0.4, -0.2) is 14.5 Å². The molecular formula is C42H25N3S. The van der Waals surface area contributed by atoms with Gasteiger partial charge in [0.05, 0.1) is 16.7 Å². The molecule has 0 saturated carbocycles. The third-order valence-electron chi connectivity index (χ3n) is 9.22. The van der Waals surface area contributed by atoms with E-state index in [2.05, 4.69) is 156 Å². The van der Waals surface area contributed by atoms with Crippen LogP contribution >= 0.6 is 11.3 Å². The fraction of sp³-hybridized carbons (Fsp3) is 0. The van der Waals surface area contributed by atoms with Crippen molar-refractivity contribution in [1.29, 1.82) is 0 Å². The Morgan fingerprint density at radius 2 is 1.02 bits per heavy atom. The zero-order chi connectivity index (χ0) is 30.2. The second-order valence-electron chi connectivity index (χ2n) is 11.8. The van der Waals surface area contributed by atoms with Gasteiger partial charge in [-0.2, -0.15) is 0 Å². The summed E-state index contributed by atoms with van der Waals surface area (Å²) in [5.41, 5.74) is 6.67. The number of fused-ring (bicyclic) bond motifs is 10. The van der Waals surface area contributed by atoms with Crippen molar-refractivity contribution in [2.75, 3.05) is 0 Å². The predicted octanol–water partition coefficient (Wildman–Crippen LogP) is 11.6. The molecule has 0 atom stereocenters. The van der Waals surface area contributed by atoms with E-state index in [4.69, 9.17) is 9.97 Å². The zero-order valence-corrected chi connectivity index (χ0v) is 25.5. The van der Waals surface area contributed by atoms with Crippen molar-refractivity contribution >= 4 is 75.0 Å². The third kappa shape index (κ3) is 3.71. The molecule has 7 aromatic carbocycles. The molecule has 0 aliphatic carbocycles. The van der Waals surface area contributed by atoms with Crippen molar-refractivity contribution < 1.29 is 0 Å². The van der Waals surface area contributed by atoms with E-state index < -0.39 is 0 Å². The van der Waals surface area contributed by atoms with E-state index in [0.717, 1.165) is 32.5 Å². The van der Waals surface area contributed by atoms with E-state index in [1.54, 1.807) is 11.3 Å². The van der Waals surface area contributed by atoms with Crippen LogP contribution in [0.4, 0.5) is 0 Å². The molecule has 0 aliphatic heterocycles. The standard InChI is InChI=1S/C42H25N3S/c1-3-11-26(12-4-1)30-19-22-33-36(25-30)46-41-39(33)40(29-15-5-2-6-16-29)43-42(44-41)45-34-23-20-27-13-7-9-17-31(27)37(34)38-32-18-10-8-14-28(32)21-24-35(38)45/h1-25H. The molecule has 0 radical (unpaired) electrons. The van der Waals surface area contributed by atoms with E-state index >= 15 is 0 Å². The van der Waals surface area contributed by atoms with Crippen LogP contribution in [0, 0.1) is 0 Å². The molecule has 46 heavy (non-hydrogen) atoms. The number of hydrogen-bond donors (Lipinski definition) is 0. The number of thiophene rings is 1. The van der Waals surface area contributed by atoms with Crippen molar-refractivity contribution in [3.8, 4) is 28.3 Å². The number of nitrogens with zero attached hydrogens (tertiary/aromatic N) is 3. The summed E-state index contributed by atoms with van der Waals surface area (Å²) in [5.74, 6) is 0.687. The van der Waals surface area contributed by atoms with Gasteiger partial charge in [0, 0.05) is 31.8 Å². The highest BCUT2D eigenvalue weighted by Gasteiger charge is 2.22. The first-order valence-electron chi connectivity index (χ1n) is 15.5. The van der Waals surface area contributed by atoms with Crippen LogP contribution in [0.3, 0.4) is 0 Å². The first-order chi connectivity index (χ1) is 22.8. The maximum absolute atomic E-state index is 5.44. The lowest BCUT2D eigenvalue weighted by atomic mass is 10.00. The van der Waals surface area contributed by atoms with Gasteiger partial charge in [-0.25, -0.2) is 9.97 Å². The van der Waals surface area contributed by atoms with Crippen LogP contribution in [0.15, 0.2) is 152 Å². The van der Waals surface area contributed by atoms with Gasteiger partial charge in [0.25, 0.3) is 0 Å². The molecule has 0 amide bonds.